The Labute approximate surface area is 158 Å². The van der Waals surface area contributed by atoms with Crippen molar-refractivity contribution in [1.82, 2.24) is 25.8 Å². The molecule has 0 bridgehead atoms. The van der Waals surface area contributed by atoms with E-state index in [0.717, 1.165) is 0 Å². The first-order valence-electron chi connectivity index (χ1n) is 7.94. The molecule has 2 heterocycles. The van der Waals surface area contributed by atoms with Crippen molar-refractivity contribution in [3.63, 3.8) is 0 Å². The Morgan fingerprint density at radius 2 is 1.50 bits per heavy atom. The molecule has 2 aromatic heterocycles. The van der Waals surface area contributed by atoms with E-state index in [-0.39, 0.29) is 28.6 Å². The summed E-state index contributed by atoms with van der Waals surface area (Å²) >= 11 is 0. The molecular weight excluding hydrogens is 367 g/mol. The van der Waals surface area contributed by atoms with Crippen LogP contribution in [-0.2, 0) is 0 Å². The van der Waals surface area contributed by atoms with Crippen molar-refractivity contribution in [3.8, 4) is 0 Å². The minimum atomic E-state index is -0.518. The van der Waals surface area contributed by atoms with Crippen LogP contribution in [0.3, 0.4) is 0 Å². The minimum absolute atomic E-state index is 0.0447. The van der Waals surface area contributed by atoms with Crippen molar-refractivity contribution in [1.29, 1.82) is 0 Å². The summed E-state index contributed by atoms with van der Waals surface area (Å²) in [6.07, 6.45) is 2.66. The molecule has 3 aromatic rings. The Morgan fingerprint density at radius 1 is 0.857 bits per heavy atom. The summed E-state index contributed by atoms with van der Waals surface area (Å²) in [6, 6.07) is 9.89. The molecule has 0 saturated carbocycles. The van der Waals surface area contributed by atoms with Gasteiger partial charge in [0, 0.05) is 11.8 Å². The lowest BCUT2D eigenvalue weighted by molar-refractivity contribution is 0.0952. The van der Waals surface area contributed by atoms with E-state index >= 15 is 0 Å². The van der Waals surface area contributed by atoms with Gasteiger partial charge in [0.2, 0.25) is 0 Å². The summed E-state index contributed by atoms with van der Waals surface area (Å²) < 4.78 is 12.9. The highest BCUT2D eigenvalue weighted by atomic mass is 19.1. The molecule has 28 heavy (non-hydrogen) atoms. The molecule has 0 atom stereocenters. The molecule has 11 heteroatoms. The molecule has 10 nitrogen and oxygen atoms in total. The number of anilines is 3. The van der Waals surface area contributed by atoms with Crippen LogP contribution in [0.5, 0.6) is 0 Å². The van der Waals surface area contributed by atoms with Gasteiger partial charge in [-0.05, 0) is 36.4 Å². The molecule has 1 aromatic carbocycles. The van der Waals surface area contributed by atoms with Crippen LogP contribution in [0.25, 0.3) is 0 Å². The van der Waals surface area contributed by atoms with Gasteiger partial charge in [0.25, 0.3) is 11.8 Å². The highest BCUT2D eigenvalue weighted by Crippen LogP contribution is 2.21. The van der Waals surface area contributed by atoms with Gasteiger partial charge in [-0.1, -0.05) is 6.07 Å². The highest BCUT2D eigenvalue weighted by Gasteiger charge is 2.12. The van der Waals surface area contributed by atoms with Crippen LogP contribution in [0.1, 0.15) is 20.8 Å². The van der Waals surface area contributed by atoms with Gasteiger partial charge in [-0.25, -0.2) is 14.4 Å². The number of benzene rings is 1. The zero-order chi connectivity index (χ0) is 19.9. The van der Waals surface area contributed by atoms with Gasteiger partial charge in [-0.3, -0.25) is 36.3 Å². The van der Waals surface area contributed by atoms with Crippen LogP contribution in [0.15, 0.2) is 55.0 Å². The first kappa shape index (κ1) is 18.5. The zero-order valence-electron chi connectivity index (χ0n) is 14.3. The number of pyridine rings is 1. The fraction of sp³-hybridized carbons (Fsp3) is 0. The van der Waals surface area contributed by atoms with E-state index in [4.69, 9.17) is 5.73 Å². The predicted octanol–water partition coefficient (Wildman–Crippen LogP) is 1.11. The molecule has 0 aliphatic carbocycles. The topological polar surface area (TPSA) is 147 Å². The molecule has 0 aliphatic heterocycles. The van der Waals surface area contributed by atoms with Crippen LogP contribution < -0.4 is 27.4 Å². The Morgan fingerprint density at radius 3 is 2.11 bits per heavy atom. The Kier molecular flexibility index (Phi) is 5.55. The number of nitrogen functional groups attached to an aromatic ring is 1. The number of carbonyl (C=O) groups is 2. The molecule has 6 N–H and O–H groups in total. The molecule has 0 fully saturated rings. The molecule has 2 amide bonds. The first-order valence-corrected chi connectivity index (χ1v) is 7.94. The van der Waals surface area contributed by atoms with Crippen molar-refractivity contribution in [2.24, 2.45) is 0 Å². The molecule has 0 aliphatic rings. The van der Waals surface area contributed by atoms with Crippen LogP contribution in [0.2, 0.25) is 0 Å². The second kappa shape index (κ2) is 8.40. The smallest absolute Gasteiger partial charge is 0.288 e. The summed E-state index contributed by atoms with van der Waals surface area (Å²) in [5.74, 6) is -1.25. The fourth-order valence-corrected chi connectivity index (χ4v) is 2.06. The van der Waals surface area contributed by atoms with Crippen molar-refractivity contribution in [2.45, 2.75) is 0 Å². The summed E-state index contributed by atoms with van der Waals surface area (Å²) in [5, 5.41) is 0. The standard InChI is InChI=1S/C17H15FN8O2/c18-11-6-4-10(5-7-11)16(27)25-23-14-13(19)15(22-9-21-14)24-26-17(28)12-3-1-2-8-20-12/h1-9H,19H2,(H,25,27)(H,26,28)(H2,21,22,23,24). The van der Waals surface area contributed by atoms with Gasteiger partial charge < -0.3 is 5.73 Å². The maximum absolute atomic E-state index is 12.9. The van der Waals surface area contributed by atoms with E-state index in [2.05, 4.69) is 36.7 Å². The van der Waals surface area contributed by atoms with Gasteiger partial charge in [-0.15, -0.1) is 0 Å². The number of rotatable bonds is 6. The third kappa shape index (κ3) is 4.46. The van der Waals surface area contributed by atoms with Gasteiger partial charge in [-0.2, -0.15) is 0 Å². The number of nitrogens with zero attached hydrogens (tertiary/aromatic N) is 3. The molecule has 0 saturated heterocycles. The predicted molar refractivity (Wildman–Crippen MR) is 99.3 cm³/mol. The average molecular weight is 382 g/mol. The third-order valence-corrected chi connectivity index (χ3v) is 3.48. The van der Waals surface area contributed by atoms with Crippen molar-refractivity contribution in [2.75, 3.05) is 16.6 Å². The molecule has 0 unspecified atom stereocenters. The number of carbonyl (C=O) groups excluding carboxylic acids is 2. The lowest BCUT2D eigenvalue weighted by Gasteiger charge is -2.13. The summed E-state index contributed by atoms with van der Waals surface area (Å²) in [4.78, 5) is 35.8. The number of amides is 2. The van der Waals surface area contributed by atoms with Crippen LogP contribution in [-0.4, -0.2) is 26.8 Å². The minimum Gasteiger partial charge on any atom is -0.393 e. The van der Waals surface area contributed by atoms with Gasteiger partial charge in [0.05, 0.1) is 0 Å². The average Bonchev–Trinajstić information content (AvgIpc) is 2.73. The molecular formula is C17H15FN8O2. The zero-order valence-corrected chi connectivity index (χ0v) is 14.3. The number of nitrogens with one attached hydrogen (secondary N) is 4. The second-order valence-electron chi connectivity index (χ2n) is 5.36. The van der Waals surface area contributed by atoms with Crippen molar-refractivity contribution >= 4 is 29.1 Å². The maximum Gasteiger partial charge on any atom is 0.288 e. The number of nitrogens with two attached hydrogens (primary N) is 1. The third-order valence-electron chi connectivity index (χ3n) is 3.48. The van der Waals surface area contributed by atoms with Crippen molar-refractivity contribution < 1.29 is 14.0 Å². The van der Waals surface area contributed by atoms with E-state index in [0.29, 0.717) is 0 Å². The van der Waals surface area contributed by atoms with Gasteiger partial charge >= 0.3 is 0 Å². The van der Waals surface area contributed by atoms with Crippen LogP contribution >= 0.6 is 0 Å². The number of hydrogen-bond donors (Lipinski definition) is 5. The maximum atomic E-state index is 12.9. The van der Waals surface area contributed by atoms with Crippen LogP contribution in [0.4, 0.5) is 21.7 Å². The summed E-state index contributed by atoms with van der Waals surface area (Å²) in [7, 11) is 0. The summed E-state index contributed by atoms with van der Waals surface area (Å²) in [6.45, 7) is 0. The lowest BCUT2D eigenvalue weighted by atomic mass is 10.2. The van der Waals surface area contributed by atoms with Gasteiger partial charge in [0.15, 0.2) is 11.6 Å². The van der Waals surface area contributed by atoms with E-state index < -0.39 is 17.6 Å². The normalized spacial score (nSPS) is 10.0. The molecule has 142 valence electrons. The van der Waals surface area contributed by atoms with E-state index in [1.54, 1.807) is 12.1 Å². The number of halogens is 1. The Hall–Kier alpha value is -4.28. The SMILES string of the molecule is Nc1c(NNC(=O)c2ccc(F)cc2)ncnc1NNC(=O)c1ccccn1. The van der Waals surface area contributed by atoms with E-state index in [9.17, 15) is 14.0 Å². The largest absolute Gasteiger partial charge is 0.393 e. The summed E-state index contributed by atoms with van der Waals surface area (Å²) in [5.41, 5.74) is 16.3. The Balaban J connectivity index is 1.61. The Bertz CT molecular complexity index is 982. The first-order chi connectivity index (χ1) is 13.5. The van der Waals surface area contributed by atoms with E-state index in [1.807, 2.05) is 0 Å². The fourth-order valence-electron chi connectivity index (χ4n) is 2.06. The lowest BCUT2D eigenvalue weighted by Crippen LogP contribution is -2.32. The van der Waals surface area contributed by atoms with Crippen molar-refractivity contribution in [3.05, 3.63) is 72.1 Å². The van der Waals surface area contributed by atoms with Gasteiger partial charge in [0.1, 0.15) is 23.5 Å². The highest BCUT2D eigenvalue weighted by molar-refractivity contribution is 5.95. The molecule has 0 radical (unpaired) electrons. The van der Waals surface area contributed by atoms with Crippen LogP contribution in [0, 0.1) is 5.82 Å². The second-order valence-corrected chi connectivity index (χ2v) is 5.36. The van der Waals surface area contributed by atoms with E-state index in [1.165, 1.54) is 42.9 Å². The number of hydrogen-bond acceptors (Lipinski definition) is 8. The quantitative estimate of drug-likeness (QED) is 0.398. The number of hydrazine groups is 2. The molecule has 0 spiro atoms. The number of aromatic nitrogens is 3. The monoisotopic (exact) mass is 382 g/mol. The molecule has 3 rings (SSSR count).